The number of benzene rings is 1. The molecule has 11 heteroatoms. The second-order valence-electron chi connectivity index (χ2n) is 10.8. The Morgan fingerprint density at radius 2 is 1.98 bits per heavy atom. The van der Waals surface area contributed by atoms with E-state index in [1.54, 1.807) is 32.5 Å². The molecule has 0 radical (unpaired) electrons. The molecule has 1 unspecified atom stereocenters. The number of fused-ring (bicyclic) bond motifs is 1. The number of aliphatic hydroxyl groups excluding tert-OH is 1. The number of nitrogens with one attached hydrogen (secondary N) is 3. The first-order valence-electron chi connectivity index (χ1n) is 14.8. The lowest BCUT2D eigenvalue weighted by molar-refractivity contribution is -0.122. The van der Waals surface area contributed by atoms with E-state index in [4.69, 9.17) is 14.2 Å². The van der Waals surface area contributed by atoms with Gasteiger partial charge in [0.05, 0.1) is 24.6 Å². The van der Waals surface area contributed by atoms with Crippen LogP contribution in [0.2, 0.25) is 0 Å². The molecule has 1 fully saturated rings. The number of carbonyl (C=O) groups excluding carboxylic acids is 2. The topological polar surface area (TPSA) is 126 Å². The molecule has 5 rings (SSSR count). The molecule has 43 heavy (non-hydrogen) atoms. The summed E-state index contributed by atoms with van der Waals surface area (Å²) < 4.78 is 18.9. The SMILES string of the molecule is CNC(=O)n1ccc2cc(OC3=CCNC(NC(=O)C4C=CC(C5CCN(CCO)CC5)=CC4)=C3)c(OCCOC)cc21. The van der Waals surface area contributed by atoms with Crippen molar-refractivity contribution in [2.45, 2.75) is 19.3 Å². The Balaban J connectivity index is 1.22. The van der Waals surface area contributed by atoms with Crippen molar-refractivity contribution in [3.63, 3.8) is 0 Å². The van der Waals surface area contributed by atoms with Gasteiger partial charge in [-0.15, -0.1) is 0 Å². The first-order valence-corrected chi connectivity index (χ1v) is 14.8. The molecule has 2 amide bonds. The largest absolute Gasteiger partial charge is 0.487 e. The maximum atomic E-state index is 13.1. The molecule has 1 aromatic heterocycles. The molecule has 0 saturated carbocycles. The maximum absolute atomic E-state index is 13.1. The lowest BCUT2D eigenvalue weighted by Crippen LogP contribution is -2.37. The fourth-order valence-electron chi connectivity index (χ4n) is 5.65. The van der Waals surface area contributed by atoms with Crippen LogP contribution in [-0.2, 0) is 9.53 Å². The summed E-state index contributed by atoms with van der Waals surface area (Å²) >= 11 is 0. The minimum absolute atomic E-state index is 0.0788. The molecule has 230 valence electrons. The molecule has 1 aromatic carbocycles. The molecule has 1 aliphatic carbocycles. The highest BCUT2D eigenvalue weighted by molar-refractivity contribution is 5.93. The van der Waals surface area contributed by atoms with Crippen molar-refractivity contribution in [3.05, 3.63) is 71.9 Å². The highest BCUT2D eigenvalue weighted by Gasteiger charge is 2.25. The highest BCUT2D eigenvalue weighted by Crippen LogP contribution is 2.35. The number of hydrogen-bond acceptors (Lipinski definition) is 8. The number of dihydropyridines is 1. The van der Waals surface area contributed by atoms with Gasteiger partial charge in [-0.2, -0.15) is 0 Å². The second kappa shape index (κ2) is 14.4. The van der Waals surface area contributed by atoms with Crippen molar-refractivity contribution in [1.29, 1.82) is 0 Å². The third-order valence-corrected chi connectivity index (χ3v) is 8.04. The van der Waals surface area contributed by atoms with Gasteiger partial charge in [0.15, 0.2) is 11.5 Å². The Labute approximate surface area is 251 Å². The zero-order valence-corrected chi connectivity index (χ0v) is 24.8. The number of aromatic nitrogens is 1. The molecular weight excluding hydrogens is 550 g/mol. The Morgan fingerprint density at radius 1 is 1.14 bits per heavy atom. The van der Waals surface area contributed by atoms with E-state index in [9.17, 15) is 14.7 Å². The van der Waals surface area contributed by atoms with Crippen molar-refractivity contribution < 1.29 is 28.9 Å². The van der Waals surface area contributed by atoms with Crippen molar-refractivity contribution in [2.75, 3.05) is 60.2 Å². The Kier molecular flexibility index (Phi) is 10.2. The van der Waals surface area contributed by atoms with E-state index in [0.29, 0.717) is 60.7 Å². The summed E-state index contributed by atoms with van der Waals surface area (Å²) in [6, 6.07) is 5.19. The maximum Gasteiger partial charge on any atom is 0.325 e. The lowest BCUT2D eigenvalue weighted by atomic mass is 9.84. The number of allylic oxidation sites excluding steroid dienone is 4. The summed E-state index contributed by atoms with van der Waals surface area (Å²) in [5.41, 5.74) is 2.00. The van der Waals surface area contributed by atoms with Crippen LogP contribution in [-0.4, -0.2) is 86.7 Å². The zero-order valence-electron chi connectivity index (χ0n) is 24.8. The standard InChI is InChI=1S/C32H41N5O6/c1-33-32(40)37-14-10-25-19-29(28(21-27(25)37)42-18-17-41-2)43-26-7-11-34-30(20-26)35-31(39)24-5-3-22(4-6-24)23-8-12-36(13-9-23)15-16-38/h3-5,7,10,14,19-21,23-24,34,38H,6,8-9,11-13,15-18H2,1-2H3,(H,33,40)(H,35,39). The Hall–Kier alpha value is -4.06. The van der Waals surface area contributed by atoms with Crippen molar-refractivity contribution in [2.24, 2.45) is 11.8 Å². The van der Waals surface area contributed by atoms with Gasteiger partial charge in [-0.1, -0.05) is 18.2 Å². The molecule has 4 N–H and O–H groups in total. The van der Waals surface area contributed by atoms with Crippen LogP contribution in [0.5, 0.6) is 11.5 Å². The number of carbonyl (C=O) groups is 2. The summed E-state index contributed by atoms with van der Waals surface area (Å²) in [7, 11) is 3.18. The third-order valence-electron chi connectivity index (χ3n) is 8.04. The van der Waals surface area contributed by atoms with E-state index < -0.39 is 0 Å². The van der Waals surface area contributed by atoms with E-state index in [1.165, 1.54) is 10.1 Å². The number of methoxy groups -OCH3 is 1. The molecule has 0 bridgehead atoms. The van der Waals surface area contributed by atoms with Crippen LogP contribution in [0.15, 0.2) is 71.9 Å². The average Bonchev–Trinajstić information content (AvgIpc) is 3.44. The fraction of sp³-hybridized carbons (Fsp3) is 0.438. The predicted octanol–water partition coefficient (Wildman–Crippen LogP) is 2.88. The van der Waals surface area contributed by atoms with Gasteiger partial charge < -0.3 is 40.2 Å². The average molecular weight is 592 g/mol. The van der Waals surface area contributed by atoms with Crippen LogP contribution in [0, 0.1) is 11.8 Å². The van der Waals surface area contributed by atoms with Crippen LogP contribution >= 0.6 is 0 Å². The molecule has 2 aromatic rings. The summed E-state index contributed by atoms with van der Waals surface area (Å²) in [6.45, 7) is 4.12. The van der Waals surface area contributed by atoms with Gasteiger partial charge in [0.1, 0.15) is 18.2 Å². The van der Waals surface area contributed by atoms with Gasteiger partial charge in [-0.3, -0.25) is 9.36 Å². The molecule has 2 aliphatic heterocycles. The van der Waals surface area contributed by atoms with Crippen LogP contribution in [0.3, 0.4) is 0 Å². The first-order chi connectivity index (χ1) is 21.0. The van der Waals surface area contributed by atoms with Gasteiger partial charge >= 0.3 is 6.03 Å². The van der Waals surface area contributed by atoms with Crippen molar-refractivity contribution in [1.82, 2.24) is 25.4 Å². The minimum Gasteiger partial charge on any atom is -0.487 e. The normalized spacial score (nSPS) is 19.2. The van der Waals surface area contributed by atoms with Crippen molar-refractivity contribution >= 4 is 22.8 Å². The van der Waals surface area contributed by atoms with Crippen molar-refractivity contribution in [3.8, 4) is 11.5 Å². The number of ether oxygens (including phenoxy) is 3. The van der Waals surface area contributed by atoms with E-state index in [-0.39, 0.29) is 24.5 Å². The van der Waals surface area contributed by atoms with E-state index in [1.807, 2.05) is 24.3 Å². The number of hydrogen-bond donors (Lipinski definition) is 4. The smallest absolute Gasteiger partial charge is 0.325 e. The van der Waals surface area contributed by atoms with Gasteiger partial charge in [0, 0.05) is 51.0 Å². The number of nitrogens with zero attached hydrogens (tertiary/aromatic N) is 2. The number of β-amino-alcohol motifs (C(OH)–C–C–N with tert-alkyl or cyclic N) is 1. The van der Waals surface area contributed by atoms with Crippen LogP contribution in [0.4, 0.5) is 4.79 Å². The van der Waals surface area contributed by atoms with E-state index in [2.05, 4.69) is 33.0 Å². The fourth-order valence-corrected chi connectivity index (χ4v) is 5.65. The van der Waals surface area contributed by atoms with Crippen LogP contribution in [0.1, 0.15) is 19.3 Å². The molecule has 3 heterocycles. The monoisotopic (exact) mass is 591 g/mol. The number of likely N-dealkylation sites (tertiary alicyclic amines) is 1. The summed E-state index contributed by atoms with van der Waals surface area (Å²) in [6.07, 6.45) is 14.5. The number of aliphatic hydroxyl groups is 1. The third kappa shape index (κ3) is 7.48. The Morgan fingerprint density at radius 3 is 2.70 bits per heavy atom. The number of amides is 2. The van der Waals surface area contributed by atoms with Gasteiger partial charge in [-0.05, 0) is 62.1 Å². The van der Waals surface area contributed by atoms with Gasteiger partial charge in [-0.25, -0.2) is 4.79 Å². The zero-order chi connectivity index (χ0) is 30.2. The summed E-state index contributed by atoms with van der Waals surface area (Å²) in [5.74, 6) is 2.27. The second-order valence-corrected chi connectivity index (χ2v) is 10.8. The highest BCUT2D eigenvalue weighted by atomic mass is 16.5. The number of rotatable bonds is 11. The lowest BCUT2D eigenvalue weighted by Gasteiger charge is -2.33. The molecule has 1 saturated heterocycles. The molecule has 1 atom stereocenters. The first kappa shape index (κ1) is 30.4. The molecule has 0 spiro atoms. The van der Waals surface area contributed by atoms with Crippen LogP contribution in [0.25, 0.3) is 10.9 Å². The van der Waals surface area contributed by atoms with E-state index in [0.717, 1.165) is 37.9 Å². The molecule has 3 aliphatic rings. The van der Waals surface area contributed by atoms with E-state index >= 15 is 0 Å². The summed E-state index contributed by atoms with van der Waals surface area (Å²) in [5, 5.41) is 18.8. The summed E-state index contributed by atoms with van der Waals surface area (Å²) in [4.78, 5) is 27.7. The molecule has 11 nitrogen and oxygen atoms in total. The van der Waals surface area contributed by atoms with Crippen LogP contribution < -0.4 is 25.4 Å². The minimum atomic E-state index is -0.255. The quantitative estimate of drug-likeness (QED) is 0.294. The molecular formula is C32H41N5O6. The number of piperidine rings is 1. The van der Waals surface area contributed by atoms with Gasteiger partial charge in [0.2, 0.25) is 5.91 Å². The Bertz CT molecular complexity index is 1430. The predicted molar refractivity (Wildman–Crippen MR) is 164 cm³/mol. The van der Waals surface area contributed by atoms with Gasteiger partial charge in [0.25, 0.3) is 0 Å².